The fourth-order valence-corrected chi connectivity index (χ4v) is 11.9. The summed E-state index contributed by atoms with van der Waals surface area (Å²) >= 11 is 4.99. The second-order valence-electron chi connectivity index (χ2n) is 10.9. The lowest BCUT2D eigenvalue weighted by Crippen LogP contribution is -2.67. The van der Waals surface area contributed by atoms with Gasteiger partial charge in [0.1, 0.15) is 18.3 Å². The molecule has 5 nitrogen and oxygen atoms in total. The maximum Gasteiger partial charge on any atom is 0.261 e. The van der Waals surface area contributed by atoms with E-state index in [0.29, 0.717) is 4.88 Å². The zero-order chi connectivity index (χ0) is 25.8. The highest BCUT2D eigenvalue weighted by Crippen LogP contribution is 2.51. The van der Waals surface area contributed by atoms with Crippen LogP contribution in [0.5, 0.6) is 0 Å². The number of fused-ring (bicyclic) bond motifs is 1. The van der Waals surface area contributed by atoms with E-state index in [9.17, 15) is 5.11 Å². The Balaban J connectivity index is 1.54. The van der Waals surface area contributed by atoms with Crippen LogP contribution in [0, 0.1) is 0 Å². The molecule has 4 atom stereocenters. The fourth-order valence-electron chi connectivity index (χ4n) is 5.56. The van der Waals surface area contributed by atoms with Gasteiger partial charge in [-0.2, -0.15) is 0 Å². The van der Waals surface area contributed by atoms with Crippen molar-refractivity contribution in [2.45, 2.75) is 69.5 Å². The minimum Gasteiger partial charge on any atom is -0.405 e. The summed E-state index contributed by atoms with van der Waals surface area (Å²) in [4.78, 5) is 0.673. The molecule has 0 radical (unpaired) electrons. The third-order valence-electron chi connectivity index (χ3n) is 7.04. The minimum atomic E-state index is -2.78. The van der Waals surface area contributed by atoms with Crippen LogP contribution in [0.1, 0.15) is 39.5 Å². The van der Waals surface area contributed by atoms with Gasteiger partial charge in [0.15, 0.2) is 5.79 Å². The Kier molecular flexibility index (Phi) is 6.88. The monoisotopic (exact) mass is 588 g/mol. The van der Waals surface area contributed by atoms with Gasteiger partial charge >= 0.3 is 0 Å². The number of rotatable bonds is 6. The molecule has 192 valence electrons. The molecule has 2 fully saturated rings. The summed E-state index contributed by atoms with van der Waals surface area (Å²) in [5.74, 6) is -2.47. The molecule has 0 spiro atoms. The Morgan fingerprint density at radius 1 is 0.944 bits per heavy atom. The predicted molar refractivity (Wildman–Crippen MR) is 148 cm³/mol. The lowest BCUT2D eigenvalue weighted by Gasteiger charge is -2.43. The molecule has 0 unspecified atom stereocenters. The summed E-state index contributed by atoms with van der Waals surface area (Å²) in [5.41, 5.74) is 0. The molecule has 2 aliphatic rings. The van der Waals surface area contributed by atoms with Crippen LogP contribution in [-0.4, -0.2) is 44.1 Å². The van der Waals surface area contributed by atoms with Crippen molar-refractivity contribution in [3.05, 3.63) is 81.5 Å². The fraction of sp³-hybridized carbons (Fsp3) is 0.429. The van der Waals surface area contributed by atoms with Crippen LogP contribution in [0.25, 0.3) is 0 Å². The largest absolute Gasteiger partial charge is 0.405 e. The highest BCUT2D eigenvalue weighted by molar-refractivity contribution is 9.10. The topological polar surface area (TPSA) is 57.2 Å². The Hall–Kier alpha value is -1.36. The minimum absolute atomic E-state index is 0.174. The van der Waals surface area contributed by atoms with Crippen molar-refractivity contribution < 1.29 is 23.7 Å². The first-order valence-corrected chi connectivity index (χ1v) is 15.8. The number of hydrogen-bond acceptors (Lipinski definition) is 6. The Morgan fingerprint density at radius 2 is 1.53 bits per heavy atom. The molecule has 0 bridgehead atoms. The van der Waals surface area contributed by atoms with Crippen LogP contribution in [0.15, 0.2) is 76.6 Å². The first-order chi connectivity index (χ1) is 17.0. The van der Waals surface area contributed by atoms with Crippen LogP contribution in [-0.2, 0) is 24.4 Å². The average Bonchev–Trinajstić information content (AvgIpc) is 3.48. The van der Waals surface area contributed by atoms with Gasteiger partial charge in [-0.05, 0) is 56.6 Å². The molecule has 2 aromatic carbocycles. The normalized spacial score (nSPS) is 27.8. The van der Waals surface area contributed by atoms with Crippen LogP contribution < -0.4 is 10.4 Å². The van der Waals surface area contributed by atoms with E-state index in [1.807, 2.05) is 37.4 Å². The second kappa shape index (κ2) is 9.43. The Labute approximate surface area is 226 Å². The number of hydrogen-bond donors (Lipinski definition) is 1. The molecule has 1 aromatic heterocycles. The number of thiophene rings is 1. The van der Waals surface area contributed by atoms with E-state index in [0.717, 1.165) is 4.47 Å². The number of aliphatic hydroxyl groups is 1. The Bertz CT molecular complexity index is 1160. The molecule has 0 saturated carbocycles. The maximum absolute atomic E-state index is 11.8. The highest BCUT2D eigenvalue weighted by Gasteiger charge is 2.64. The first-order valence-electron chi connectivity index (χ1n) is 12.2. The van der Waals surface area contributed by atoms with Gasteiger partial charge in [-0.25, -0.2) is 0 Å². The summed E-state index contributed by atoms with van der Waals surface area (Å²) in [5, 5.41) is 16.0. The van der Waals surface area contributed by atoms with Crippen LogP contribution >= 0.6 is 27.3 Å². The van der Waals surface area contributed by atoms with Crippen molar-refractivity contribution in [3.8, 4) is 0 Å². The third-order valence-corrected chi connectivity index (χ3v) is 14.0. The molecule has 3 aromatic rings. The van der Waals surface area contributed by atoms with Crippen molar-refractivity contribution in [1.82, 2.24) is 0 Å². The van der Waals surface area contributed by atoms with E-state index in [-0.39, 0.29) is 11.6 Å². The molecular weight excluding hydrogens is 556 g/mol. The van der Waals surface area contributed by atoms with E-state index < -0.39 is 38.2 Å². The number of halogens is 1. The molecule has 1 N–H and O–H groups in total. The van der Waals surface area contributed by atoms with Gasteiger partial charge in [-0.3, -0.25) is 0 Å². The molecule has 3 heterocycles. The van der Waals surface area contributed by atoms with Crippen molar-refractivity contribution >= 4 is 46.0 Å². The highest BCUT2D eigenvalue weighted by atomic mass is 79.9. The molecule has 8 heteroatoms. The Morgan fingerprint density at radius 3 is 2.03 bits per heavy atom. The SMILES string of the molecule is CC1(C)O[C@H]2[C@@H](O1)[C@@](O)(c1sccc1Br)O[C@@H]2CO[Si](c1ccccc1)(c1ccccc1)C(C)(C)C. The lowest BCUT2D eigenvalue weighted by molar-refractivity contribution is -0.281. The van der Waals surface area contributed by atoms with Gasteiger partial charge in [0, 0.05) is 4.47 Å². The van der Waals surface area contributed by atoms with Gasteiger partial charge < -0.3 is 23.7 Å². The van der Waals surface area contributed by atoms with E-state index in [1.54, 1.807) is 0 Å². The van der Waals surface area contributed by atoms with Crippen molar-refractivity contribution in [2.75, 3.05) is 6.61 Å². The summed E-state index contributed by atoms with van der Waals surface area (Å²) in [7, 11) is -2.78. The van der Waals surface area contributed by atoms with Crippen molar-refractivity contribution in [1.29, 1.82) is 0 Å². The second-order valence-corrected chi connectivity index (χ2v) is 17.0. The lowest BCUT2D eigenvalue weighted by atomic mass is 10.0. The number of ether oxygens (including phenoxy) is 3. The van der Waals surface area contributed by atoms with E-state index >= 15 is 0 Å². The van der Waals surface area contributed by atoms with Crippen LogP contribution in [0.3, 0.4) is 0 Å². The molecule has 2 aliphatic heterocycles. The summed E-state index contributed by atoms with van der Waals surface area (Å²) < 4.78 is 26.8. The van der Waals surface area contributed by atoms with E-state index in [1.165, 1.54) is 21.7 Å². The standard InChI is InChI=1S/C28H33BrO5SSi/c1-26(2,3)36(19-12-8-6-9-13-19,20-14-10-7-11-15-20)31-18-22-23-24(34-27(4,5)33-23)28(30,32-22)25-21(29)16-17-35-25/h6-17,22-24,30H,18H2,1-5H3/t22-,23-,24-,28+/m1/s1. The molecule has 0 aliphatic carbocycles. The zero-order valence-electron chi connectivity index (χ0n) is 21.2. The van der Waals surface area contributed by atoms with Gasteiger partial charge in [-0.1, -0.05) is 81.4 Å². The molecular formula is C28H33BrO5SSi. The molecule has 2 saturated heterocycles. The van der Waals surface area contributed by atoms with E-state index in [2.05, 4.69) is 85.2 Å². The van der Waals surface area contributed by atoms with Gasteiger partial charge in [0.2, 0.25) is 5.79 Å². The zero-order valence-corrected chi connectivity index (χ0v) is 24.6. The van der Waals surface area contributed by atoms with E-state index in [4.69, 9.17) is 18.6 Å². The quantitative estimate of drug-likeness (QED) is 0.403. The predicted octanol–water partition coefficient (Wildman–Crippen LogP) is 5.15. The van der Waals surface area contributed by atoms with Crippen LogP contribution in [0.2, 0.25) is 5.04 Å². The van der Waals surface area contributed by atoms with Crippen molar-refractivity contribution in [3.63, 3.8) is 0 Å². The summed E-state index contributed by atoms with van der Waals surface area (Å²) in [6, 6.07) is 22.9. The average molecular weight is 590 g/mol. The number of benzene rings is 2. The van der Waals surface area contributed by atoms with Crippen molar-refractivity contribution in [2.24, 2.45) is 0 Å². The third kappa shape index (κ3) is 4.35. The summed E-state index contributed by atoms with van der Waals surface area (Å²) in [6.07, 6.45) is -1.66. The van der Waals surface area contributed by atoms with Gasteiger partial charge in [-0.15, -0.1) is 11.3 Å². The van der Waals surface area contributed by atoms with Gasteiger partial charge in [0.25, 0.3) is 8.32 Å². The smallest absolute Gasteiger partial charge is 0.261 e. The maximum atomic E-state index is 11.8. The van der Waals surface area contributed by atoms with Crippen LogP contribution in [0.4, 0.5) is 0 Å². The first kappa shape index (κ1) is 26.3. The summed E-state index contributed by atoms with van der Waals surface area (Å²) in [6.45, 7) is 10.7. The molecule has 0 amide bonds. The molecule has 36 heavy (non-hydrogen) atoms. The van der Waals surface area contributed by atoms with Gasteiger partial charge in [0.05, 0.1) is 11.5 Å². The molecule has 5 rings (SSSR count).